The van der Waals surface area contributed by atoms with Crippen molar-refractivity contribution in [3.05, 3.63) is 59.9 Å². The third-order valence-electron chi connectivity index (χ3n) is 3.30. The van der Waals surface area contributed by atoms with E-state index in [2.05, 4.69) is 12.1 Å². The third-order valence-corrected chi connectivity index (χ3v) is 3.30. The average molecular weight is 256 g/mol. The van der Waals surface area contributed by atoms with E-state index in [1.165, 1.54) is 5.56 Å². The lowest BCUT2D eigenvalue weighted by atomic mass is 10.2. The molecule has 0 aliphatic rings. The van der Waals surface area contributed by atoms with Gasteiger partial charge in [0.15, 0.2) is 0 Å². The SMILES string of the molecule is CCN(CC)C(=O)c1cccn1Cc1ccccc1. The topological polar surface area (TPSA) is 25.2 Å². The van der Waals surface area contributed by atoms with Crippen molar-refractivity contribution < 1.29 is 4.79 Å². The second kappa shape index (κ2) is 6.23. The highest BCUT2D eigenvalue weighted by molar-refractivity contribution is 5.92. The fourth-order valence-corrected chi connectivity index (χ4v) is 2.20. The van der Waals surface area contributed by atoms with Crippen LogP contribution in [0.5, 0.6) is 0 Å². The van der Waals surface area contributed by atoms with Gasteiger partial charge in [-0.25, -0.2) is 0 Å². The Morgan fingerprint density at radius 1 is 1.05 bits per heavy atom. The Morgan fingerprint density at radius 3 is 2.37 bits per heavy atom. The van der Waals surface area contributed by atoms with Crippen LogP contribution in [0.4, 0.5) is 0 Å². The predicted octanol–water partition coefficient (Wildman–Crippen LogP) is 3.02. The molecule has 1 aromatic heterocycles. The van der Waals surface area contributed by atoms with Crippen molar-refractivity contribution in [1.82, 2.24) is 9.47 Å². The molecule has 0 radical (unpaired) electrons. The summed E-state index contributed by atoms with van der Waals surface area (Å²) in [6, 6.07) is 14.0. The van der Waals surface area contributed by atoms with Crippen LogP contribution in [0.15, 0.2) is 48.7 Å². The zero-order valence-electron chi connectivity index (χ0n) is 11.5. The Kier molecular flexibility index (Phi) is 4.39. The summed E-state index contributed by atoms with van der Waals surface area (Å²) in [5, 5.41) is 0. The molecular formula is C16H20N2O. The van der Waals surface area contributed by atoms with Gasteiger partial charge in [-0.15, -0.1) is 0 Å². The summed E-state index contributed by atoms with van der Waals surface area (Å²) in [6.07, 6.45) is 1.96. The van der Waals surface area contributed by atoms with E-state index in [-0.39, 0.29) is 5.91 Å². The van der Waals surface area contributed by atoms with Crippen LogP contribution < -0.4 is 0 Å². The predicted molar refractivity (Wildman–Crippen MR) is 77.2 cm³/mol. The highest BCUT2D eigenvalue weighted by atomic mass is 16.2. The van der Waals surface area contributed by atoms with Crippen molar-refractivity contribution in [3.8, 4) is 0 Å². The fourth-order valence-electron chi connectivity index (χ4n) is 2.20. The number of carbonyl (C=O) groups is 1. The molecule has 1 heterocycles. The van der Waals surface area contributed by atoms with Gasteiger partial charge in [-0.2, -0.15) is 0 Å². The standard InChI is InChI=1S/C16H20N2O/c1-3-17(4-2)16(19)15-11-8-12-18(15)13-14-9-6-5-7-10-14/h5-12H,3-4,13H2,1-2H3. The second-order valence-electron chi connectivity index (χ2n) is 4.48. The molecule has 2 rings (SSSR count). The number of hydrogen-bond acceptors (Lipinski definition) is 1. The highest BCUT2D eigenvalue weighted by Crippen LogP contribution is 2.10. The van der Waals surface area contributed by atoms with E-state index in [9.17, 15) is 4.79 Å². The van der Waals surface area contributed by atoms with Crippen molar-refractivity contribution >= 4 is 5.91 Å². The molecule has 0 spiro atoms. The Balaban J connectivity index is 2.20. The first-order chi connectivity index (χ1) is 9.26. The Hall–Kier alpha value is -2.03. The number of benzene rings is 1. The smallest absolute Gasteiger partial charge is 0.270 e. The molecule has 19 heavy (non-hydrogen) atoms. The monoisotopic (exact) mass is 256 g/mol. The van der Waals surface area contributed by atoms with Gasteiger partial charge in [0.05, 0.1) is 0 Å². The molecule has 0 saturated heterocycles. The summed E-state index contributed by atoms with van der Waals surface area (Å²) >= 11 is 0. The minimum absolute atomic E-state index is 0.103. The molecule has 0 aliphatic heterocycles. The molecule has 100 valence electrons. The minimum Gasteiger partial charge on any atom is -0.339 e. The molecular weight excluding hydrogens is 236 g/mol. The molecule has 0 bridgehead atoms. The molecule has 0 aliphatic carbocycles. The summed E-state index contributed by atoms with van der Waals surface area (Å²) < 4.78 is 2.01. The summed E-state index contributed by atoms with van der Waals surface area (Å²) in [4.78, 5) is 14.2. The molecule has 3 heteroatoms. The summed E-state index contributed by atoms with van der Waals surface area (Å²) in [5.41, 5.74) is 1.96. The summed E-state index contributed by atoms with van der Waals surface area (Å²) in [5.74, 6) is 0.103. The number of hydrogen-bond donors (Lipinski definition) is 0. The van der Waals surface area contributed by atoms with E-state index in [0.29, 0.717) is 0 Å². The van der Waals surface area contributed by atoms with Gasteiger partial charge in [-0.3, -0.25) is 4.79 Å². The van der Waals surface area contributed by atoms with Crippen LogP contribution in [0.1, 0.15) is 29.9 Å². The largest absolute Gasteiger partial charge is 0.339 e. The van der Waals surface area contributed by atoms with Crippen LogP contribution in [0.3, 0.4) is 0 Å². The van der Waals surface area contributed by atoms with Crippen LogP contribution in [-0.4, -0.2) is 28.5 Å². The highest BCUT2D eigenvalue weighted by Gasteiger charge is 2.15. The van der Waals surface area contributed by atoms with E-state index >= 15 is 0 Å². The molecule has 0 unspecified atom stereocenters. The van der Waals surface area contributed by atoms with Crippen molar-refractivity contribution in [2.45, 2.75) is 20.4 Å². The van der Waals surface area contributed by atoms with Crippen molar-refractivity contribution in [2.24, 2.45) is 0 Å². The van der Waals surface area contributed by atoms with Gasteiger partial charge in [-0.1, -0.05) is 30.3 Å². The molecule has 0 saturated carbocycles. The van der Waals surface area contributed by atoms with Gasteiger partial charge in [0.2, 0.25) is 0 Å². The van der Waals surface area contributed by atoms with E-state index in [1.54, 1.807) is 0 Å². The van der Waals surface area contributed by atoms with Gasteiger partial charge >= 0.3 is 0 Å². The molecule has 1 amide bonds. The lowest BCUT2D eigenvalue weighted by Gasteiger charge is -2.19. The Labute approximate surface area is 114 Å². The van der Waals surface area contributed by atoms with Gasteiger partial charge in [-0.05, 0) is 31.5 Å². The first-order valence-corrected chi connectivity index (χ1v) is 6.74. The van der Waals surface area contributed by atoms with Crippen molar-refractivity contribution in [2.75, 3.05) is 13.1 Å². The maximum Gasteiger partial charge on any atom is 0.270 e. The lowest BCUT2D eigenvalue weighted by molar-refractivity contribution is 0.0762. The zero-order chi connectivity index (χ0) is 13.7. The zero-order valence-corrected chi connectivity index (χ0v) is 11.5. The maximum atomic E-state index is 12.4. The van der Waals surface area contributed by atoms with Crippen molar-refractivity contribution in [1.29, 1.82) is 0 Å². The van der Waals surface area contributed by atoms with Gasteiger partial charge in [0, 0.05) is 25.8 Å². The Bertz CT molecular complexity index is 527. The van der Waals surface area contributed by atoms with Crippen molar-refractivity contribution in [3.63, 3.8) is 0 Å². The van der Waals surface area contributed by atoms with Crippen LogP contribution in [0, 0.1) is 0 Å². The first kappa shape index (κ1) is 13.4. The molecule has 2 aromatic rings. The van der Waals surface area contributed by atoms with E-state index < -0.39 is 0 Å². The maximum absolute atomic E-state index is 12.4. The number of amides is 1. The number of nitrogens with zero attached hydrogens (tertiary/aromatic N) is 2. The normalized spacial score (nSPS) is 10.4. The lowest BCUT2D eigenvalue weighted by Crippen LogP contribution is -2.32. The third kappa shape index (κ3) is 3.05. The quantitative estimate of drug-likeness (QED) is 0.807. The molecule has 0 fully saturated rings. The Morgan fingerprint density at radius 2 is 1.74 bits per heavy atom. The molecule has 0 N–H and O–H groups in total. The molecule has 3 nitrogen and oxygen atoms in total. The van der Waals surface area contributed by atoms with Crippen LogP contribution in [0.25, 0.3) is 0 Å². The average Bonchev–Trinajstić information content (AvgIpc) is 2.89. The van der Waals surface area contributed by atoms with E-state index in [1.807, 2.05) is 59.8 Å². The van der Waals surface area contributed by atoms with Crippen LogP contribution in [0.2, 0.25) is 0 Å². The molecule has 0 atom stereocenters. The van der Waals surface area contributed by atoms with Gasteiger partial charge < -0.3 is 9.47 Å². The van der Waals surface area contributed by atoms with E-state index in [4.69, 9.17) is 0 Å². The fraction of sp³-hybridized carbons (Fsp3) is 0.312. The van der Waals surface area contributed by atoms with Gasteiger partial charge in [0.1, 0.15) is 5.69 Å². The molecule has 1 aromatic carbocycles. The number of carbonyl (C=O) groups excluding carboxylic acids is 1. The minimum atomic E-state index is 0.103. The van der Waals surface area contributed by atoms with Gasteiger partial charge in [0.25, 0.3) is 5.91 Å². The number of aromatic nitrogens is 1. The summed E-state index contributed by atoms with van der Waals surface area (Å²) in [6.45, 7) is 6.23. The second-order valence-corrected chi connectivity index (χ2v) is 4.48. The first-order valence-electron chi connectivity index (χ1n) is 6.74. The van der Waals surface area contributed by atoms with Crippen LogP contribution >= 0.6 is 0 Å². The number of rotatable bonds is 5. The summed E-state index contributed by atoms with van der Waals surface area (Å²) in [7, 11) is 0. The van der Waals surface area contributed by atoms with E-state index in [0.717, 1.165) is 25.3 Å². The van der Waals surface area contributed by atoms with Crippen LogP contribution in [-0.2, 0) is 6.54 Å².